The first kappa shape index (κ1) is 8.57. The second-order valence-electron chi connectivity index (χ2n) is 4.26. The first-order chi connectivity index (χ1) is 5.06. The van der Waals surface area contributed by atoms with Crippen LogP contribution in [0.15, 0.2) is 5.16 Å². The SMILES string of the molecule is C[C@H]1C/C(=N/O)CCC1(C)C. The topological polar surface area (TPSA) is 32.6 Å². The highest BCUT2D eigenvalue weighted by Gasteiger charge is 2.31. The third-order valence-corrected chi connectivity index (χ3v) is 3.08. The van der Waals surface area contributed by atoms with Crippen molar-refractivity contribution in [3.63, 3.8) is 0 Å². The van der Waals surface area contributed by atoms with E-state index < -0.39 is 0 Å². The van der Waals surface area contributed by atoms with Crippen LogP contribution in [0, 0.1) is 11.3 Å². The van der Waals surface area contributed by atoms with Crippen LogP contribution in [0.4, 0.5) is 0 Å². The normalized spacial score (nSPS) is 34.1. The molecule has 0 amide bonds. The van der Waals surface area contributed by atoms with Gasteiger partial charge in [-0.25, -0.2) is 0 Å². The van der Waals surface area contributed by atoms with Crippen molar-refractivity contribution >= 4 is 5.71 Å². The minimum absolute atomic E-state index is 0.425. The van der Waals surface area contributed by atoms with Crippen molar-refractivity contribution in [2.75, 3.05) is 0 Å². The molecule has 0 unspecified atom stereocenters. The maximum Gasteiger partial charge on any atom is 0.0573 e. The molecule has 1 fully saturated rings. The highest BCUT2D eigenvalue weighted by atomic mass is 16.4. The predicted molar refractivity (Wildman–Crippen MR) is 46.0 cm³/mol. The van der Waals surface area contributed by atoms with E-state index in [2.05, 4.69) is 25.9 Å². The molecule has 0 aliphatic heterocycles. The summed E-state index contributed by atoms with van der Waals surface area (Å²) in [6, 6.07) is 0. The standard InChI is InChI=1S/C9H17NO/c1-7-6-8(10-11)4-5-9(7,2)3/h7,11H,4-6H2,1-3H3/b10-8+/t7-/m0/s1. The van der Waals surface area contributed by atoms with Crippen LogP contribution >= 0.6 is 0 Å². The van der Waals surface area contributed by atoms with Gasteiger partial charge in [-0.2, -0.15) is 0 Å². The number of oxime groups is 1. The molecule has 1 N–H and O–H groups in total. The van der Waals surface area contributed by atoms with Gasteiger partial charge in [0.15, 0.2) is 0 Å². The molecule has 0 aromatic rings. The van der Waals surface area contributed by atoms with Crippen molar-refractivity contribution in [2.24, 2.45) is 16.5 Å². The molecule has 2 nitrogen and oxygen atoms in total. The molecule has 1 saturated carbocycles. The molecule has 0 saturated heterocycles. The summed E-state index contributed by atoms with van der Waals surface area (Å²) < 4.78 is 0. The fourth-order valence-corrected chi connectivity index (χ4v) is 1.54. The second-order valence-corrected chi connectivity index (χ2v) is 4.26. The fourth-order valence-electron chi connectivity index (χ4n) is 1.54. The molecule has 1 atom stereocenters. The number of nitrogens with zero attached hydrogens (tertiary/aromatic N) is 1. The maximum absolute atomic E-state index is 8.57. The Morgan fingerprint density at radius 1 is 1.55 bits per heavy atom. The van der Waals surface area contributed by atoms with Crippen molar-refractivity contribution in [1.29, 1.82) is 0 Å². The Morgan fingerprint density at radius 3 is 2.64 bits per heavy atom. The molecule has 2 heteroatoms. The molecule has 11 heavy (non-hydrogen) atoms. The smallest absolute Gasteiger partial charge is 0.0573 e. The first-order valence-electron chi connectivity index (χ1n) is 4.26. The van der Waals surface area contributed by atoms with Gasteiger partial charge in [-0.3, -0.25) is 0 Å². The minimum Gasteiger partial charge on any atom is -0.411 e. The molecule has 0 heterocycles. The summed E-state index contributed by atoms with van der Waals surface area (Å²) in [6.07, 6.45) is 3.07. The third kappa shape index (κ3) is 1.73. The zero-order valence-electron chi connectivity index (χ0n) is 7.59. The molecule has 0 bridgehead atoms. The Kier molecular flexibility index (Phi) is 2.21. The average Bonchev–Trinajstić information content (AvgIpc) is 1.95. The summed E-state index contributed by atoms with van der Waals surface area (Å²) in [5.41, 5.74) is 1.39. The molecule has 1 rings (SSSR count). The Hall–Kier alpha value is -0.530. The van der Waals surface area contributed by atoms with Crippen LogP contribution in [0.25, 0.3) is 0 Å². The summed E-state index contributed by atoms with van der Waals surface area (Å²) in [7, 11) is 0. The lowest BCUT2D eigenvalue weighted by molar-refractivity contribution is 0.199. The van der Waals surface area contributed by atoms with E-state index >= 15 is 0 Å². The molecule has 0 aromatic carbocycles. The van der Waals surface area contributed by atoms with E-state index in [0.717, 1.165) is 25.0 Å². The van der Waals surface area contributed by atoms with E-state index in [1.54, 1.807) is 0 Å². The van der Waals surface area contributed by atoms with Crippen molar-refractivity contribution < 1.29 is 5.21 Å². The lowest BCUT2D eigenvalue weighted by Crippen LogP contribution is -2.29. The summed E-state index contributed by atoms with van der Waals surface area (Å²) in [4.78, 5) is 0. The quantitative estimate of drug-likeness (QED) is 0.423. The van der Waals surface area contributed by atoms with E-state index in [-0.39, 0.29) is 0 Å². The predicted octanol–water partition coefficient (Wildman–Crippen LogP) is 2.66. The number of hydrogen-bond donors (Lipinski definition) is 1. The Morgan fingerprint density at radius 2 is 2.18 bits per heavy atom. The van der Waals surface area contributed by atoms with Gasteiger partial charge in [0.2, 0.25) is 0 Å². The van der Waals surface area contributed by atoms with E-state index in [1.807, 2.05) is 0 Å². The summed E-state index contributed by atoms with van der Waals surface area (Å²) in [6.45, 7) is 6.79. The average molecular weight is 155 g/mol. The third-order valence-electron chi connectivity index (χ3n) is 3.08. The van der Waals surface area contributed by atoms with Crippen molar-refractivity contribution in [1.82, 2.24) is 0 Å². The van der Waals surface area contributed by atoms with Crippen LogP contribution in [0.5, 0.6) is 0 Å². The lowest BCUT2D eigenvalue weighted by Gasteiger charge is -2.36. The van der Waals surface area contributed by atoms with Crippen LogP contribution in [0.2, 0.25) is 0 Å². The van der Waals surface area contributed by atoms with E-state index in [0.29, 0.717) is 11.3 Å². The highest BCUT2D eigenvalue weighted by Crippen LogP contribution is 2.38. The zero-order valence-corrected chi connectivity index (χ0v) is 7.59. The zero-order chi connectivity index (χ0) is 8.48. The summed E-state index contributed by atoms with van der Waals surface area (Å²) in [5.74, 6) is 0.641. The highest BCUT2D eigenvalue weighted by molar-refractivity contribution is 5.84. The van der Waals surface area contributed by atoms with Gasteiger partial charge >= 0.3 is 0 Å². The first-order valence-corrected chi connectivity index (χ1v) is 4.26. The van der Waals surface area contributed by atoms with Gasteiger partial charge in [-0.15, -0.1) is 0 Å². The van der Waals surface area contributed by atoms with Crippen molar-refractivity contribution in [3.8, 4) is 0 Å². The van der Waals surface area contributed by atoms with Gasteiger partial charge in [-0.05, 0) is 30.6 Å². The van der Waals surface area contributed by atoms with Gasteiger partial charge in [0.05, 0.1) is 5.71 Å². The van der Waals surface area contributed by atoms with Crippen LogP contribution in [0.3, 0.4) is 0 Å². The van der Waals surface area contributed by atoms with Gasteiger partial charge in [0.1, 0.15) is 0 Å². The summed E-state index contributed by atoms with van der Waals surface area (Å²) >= 11 is 0. The van der Waals surface area contributed by atoms with Gasteiger partial charge < -0.3 is 5.21 Å². The Labute approximate surface area is 68.3 Å². The molecule has 0 radical (unpaired) electrons. The molecule has 64 valence electrons. The minimum atomic E-state index is 0.425. The molecular weight excluding hydrogens is 138 g/mol. The van der Waals surface area contributed by atoms with Gasteiger partial charge in [0.25, 0.3) is 0 Å². The van der Waals surface area contributed by atoms with Crippen LogP contribution in [0.1, 0.15) is 40.0 Å². The van der Waals surface area contributed by atoms with Crippen LogP contribution < -0.4 is 0 Å². The molecule has 1 aliphatic carbocycles. The fraction of sp³-hybridized carbons (Fsp3) is 0.889. The Bertz CT molecular complexity index is 172. The monoisotopic (exact) mass is 155 g/mol. The van der Waals surface area contributed by atoms with Crippen molar-refractivity contribution in [3.05, 3.63) is 0 Å². The maximum atomic E-state index is 8.57. The Balaban J connectivity index is 2.62. The van der Waals surface area contributed by atoms with Gasteiger partial charge in [0, 0.05) is 0 Å². The lowest BCUT2D eigenvalue weighted by atomic mass is 9.69. The van der Waals surface area contributed by atoms with Crippen molar-refractivity contribution in [2.45, 2.75) is 40.0 Å². The molecule has 1 aliphatic rings. The largest absolute Gasteiger partial charge is 0.411 e. The molecule has 0 spiro atoms. The van der Waals surface area contributed by atoms with E-state index in [4.69, 9.17) is 5.21 Å². The molecular formula is C9H17NO. The number of rotatable bonds is 0. The van der Waals surface area contributed by atoms with Crippen LogP contribution in [-0.2, 0) is 0 Å². The second kappa shape index (κ2) is 2.84. The molecule has 0 aromatic heterocycles. The number of hydrogen-bond acceptors (Lipinski definition) is 2. The van der Waals surface area contributed by atoms with Crippen LogP contribution in [-0.4, -0.2) is 10.9 Å². The van der Waals surface area contributed by atoms with E-state index in [9.17, 15) is 0 Å². The summed E-state index contributed by atoms with van der Waals surface area (Å²) in [5, 5.41) is 11.8. The van der Waals surface area contributed by atoms with Gasteiger partial charge in [-0.1, -0.05) is 25.9 Å². The van der Waals surface area contributed by atoms with E-state index in [1.165, 1.54) is 0 Å².